The number of amides is 1. The van der Waals surface area contributed by atoms with Crippen LogP contribution in [-0.4, -0.2) is 54.6 Å². The molecule has 1 saturated heterocycles. The molecule has 1 amide bonds. The zero-order chi connectivity index (χ0) is 17.5. The first-order valence-electron chi connectivity index (χ1n) is 8.80. The van der Waals surface area contributed by atoms with Crippen LogP contribution in [-0.2, 0) is 9.47 Å². The molecule has 2 heterocycles. The summed E-state index contributed by atoms with van der Waals surface area (Å²) in [6, 6.07) is 0.128. The lowest BCUT2D eigenvalue weighted by Crippen LogP contribution is -2.41. The Morgan fingerprint density at radius 1 is 1.08 bits per heavy atom. The van der Waals surface area contributed by atoms with Crippen LogP contribution in [0.15, 0.2) is 12.4 Å². The van der Waals surface area contributed by atoms with Crippen molar-refractivity contribution in [3.63, 3.8) is 0 Å². The summed E-state index contributed by atoms with van der Waals surface area (Å²) in [7, 11) is 1.55. The van der Waals surface area contributed by atoms with Gasteiger partial charge in [-0.3, -0.25) is 4.98 Å². The molecule has 0 unspecified atom stereocenters. The van der Waals surface area contributed by atoms with Crippen LogP contribution in [0, 0.1) is 0 Å². The molecule has 25 heavy (non-hydrogen) atoms. The van der Waals surface area contributed by atoms with Crippen molar-refractivity contribution < 1.29 is 23.7 Å². The van der Waals surface area contributed by atoms with Gasteiger partial charge in [-0.15, -0.1) is 0 Å². The van der Waals surface area contributed by atoms with Gasteiger partial charge < -0.3 is 24.3 Å². The summed E-state index contributed by atoms with van der Waals surface area (Å²) in [6.07, 6.45) is 7.79. The van der Waals surface area contributed by atoms with E-state index in [0.717, 1.165) is 38.5 Å². The van der Waals surface area contributed by atoms with Gasteiger partial charge in [-0.2, -0.15) is 4.98 Å². The number of rotatable bonds is 5. The molecule has 1 aromatic rings. The molecule has 0 aromatic carbocycles. The Kier molecular flexibility index (Phi) is 6.27. The van der Waals surface area contributed by atoms with Crippen LogP contribution in [0.4, 0.5) is 4.79 Å². The second-order valence-electron chi connectivity index (χ2n) is 6.35. The van der Waals surface area contributed by atoms with E-state index >= 15 is 0 Å². The topological polar surface area (TPSA) is 91.8 Å². The summed E-state index contributed by atoms with van der Waals surface area (Å²) in [6.45, 7) is 1.32. The molecule has 0 spiro atoms. The van der Waals surface area contributed by atoms with E-state index in [-0.39, 0.29) is 24.3 Å². The van der Waals surface area contributed by atoms with Crippen LogP contribution in [0.5, 0.6) is 11.8 Å². The number of ether oxygens (including phenoxy) is 4. The van der Waals surface area contributed by atoms with Gasteiger partial charge >= 0.3 is 6.09 Å². The van der Waals surface area contributed by atoms with Gasteiger partial charge in [-0.25, -0.2) is 4.79 Å². The van der Waals surface area contributed by atoms with Crippen LogP contribution in [0.25, 0.3) is 0 Å². The van der Waals surface area contributed by atoms with Gasteiger partial charge in [0.1, 0.15) is 12.2 Å². The number of carbonyl (C=O) groups excluding carboxylic acids is 1. The Labute approximate surface area is 147 Å². The molecular weight excluding hydrogens is 326 g/mol. The van der Waals surface area contributed by atoms with Crippen LogP contribution in [0.1, 0.15) is 38.5 Å². The highest BCUT2D eigenvalue weighted by atomic mass is 16.6. The molecule has 0 radical (unpaired) electrons. The molecule has 0 atom stereocenters. The fourth-order valence-corrected chi connectivity index (χ4v) is 3.13. The molecule has 138 valence electrons. The van der Waals surface area contributed by atoms with Crippen molar-refractivity contribution in [1.82, 2.24) is 15.3 Å². The molecule has 1 aliphatic heterocycles. The van der Waals surface area contributed by atoms with Gasteiger partial charge in [0.25, 0.3) is 0 Å². The highest BCUT2D eigenvalue weighted by Crippen LogP contribution is 2.23. The number of nitrogens with one attached hydrogen (secondary N) is 1. The summed E-state index contributed by atoms with van der Waals surface area (Å²) in [5, 5.41) is 2.96. The van der Waals surface area contributed by atoms with Gasteiger partial charge in [-0.1, -0.05) is 0 Å². The third kappa shape index (κ3) is 5.45. The monoisotopic (exact) mass is 351 g/mol. The highest BCUT2D eigenvalue weighted by molar-refractivity contribution is 5.67. The predicted octanol–water partition coefficient (Wildman–Crippen LogP) is 2.08. The number of carbonyl (C=O) groups is 1. The Balaban J connectivity index is 1.38. The van der Waals surface area contributed by atoms with Crippen molar-refractivity contribution in [3.05, 3.63) is 12.4 Å². The van der Waals surface area contributed by atoms with E-state index in [1.54, 1.807) is 13.3 Å². The zero-order valence-electron chi connectivity index (χ0n) is 14.5. The normalized spacial score (nSPS) is 24.4. The van der Waals surface area contributed by atoms with E-state index in [1.807, 2.05) is 0 Å². The lowest BCUT2D eigenvalue weighted by Gasteiger charge is -2.30. The van der Waals surface area contributed by atoms with Crippen molar-refractivity contribution >= 4 is 6.09 Å². The number of hydrogen-bond acceptors (Lipinski definition) is 7. The summed E-state index contributed by atoms with van der Waals surface area (Å²) in [5.41, 5.74) is 0. The second kappa shape index (κ2) is 8.84. The minimum atomic E-state index is -0.324. The summed E-state index contributed by atoms with van der Waals surface area (Å²) in [5.74, 6) is 0.901. The lowest BCUT2D eigenvalue weighted by atomic mass is 9.93. The first-order chi connectivity index (χ1) is 12.2. The highest BCUT2D eigenvalue weighted by Gasteiger charge is 2.26. The minimum absolute atomic E-state index is 0.0277. The fourth-order valence-electron chi connectivity index (χ4n) is 3.13. The fraction of sp³-hybridized carbons (Fsp3) is 0.706. The number of aromatic nitrogens is 2. The Bertz CT molecular complexity index is 557. The first-order valence-corrected chi connectivity index (χ1v) is 8.80. The van der Waals surface area contributed by atoms with Gasteiger partial charge in [0, 0.05) is 18.9 Å². The third-order valence-corrected chi connectivity index (χ3v) is 4.53. The molecule has 1 N–H and O–H groups in total. The number of alkyl carbamates (subject to hydrolysis) is 1. The molecule has 1 saturated carbocycles. The first kappa shape index (κ1) is 17.7. The Morgan fingerprint density at radius 2 is 1.80 bits per heavy atom. The van der Waals surface area contributed by atoms with Crippen molar-refractivity contribution in [3.8, 4) is 11.8 Å². The molecule has 2 aliphatic rings. The predicted molar refractivity (Wildman–Crippen MR) is 88.7 cm³/mol. The quantitative estimate of drug-likeness (QED) is 0.868. The van der Waals surface area contributed by atoms with Gasteiger partial charge in [-0.05, 0) is 25.7 Å². The van der Waals surface area contributed by atoms with Crippen molar-refractivity contribution in [2.75, 3.05) is 20.3 Å². The SMILES string of the molecule is COc1cncc(OC2CCC(NC(=O)OC3CCOCC3)CC2)n1. The number of nitrogens with zero attached hydrogens (tertiary/aromatic N) is 2. The second-order valence-corrected chi connectivity index (χ2v) is 6.35. The maximum Gasteiger partial charge on any atom is 0.407 e. The third-order valence-electron chi connectivity index (χ3n) is 4.53. The number of methoxy groups -OCH3 is 1. The van der Waals surface area contributed by atoms with E-state index in [0.29, 0.717) is 25.0 Å². The molecular formula is C17H25N3O5. The van der Waals surface area contributed by atoms with E-state index in [4.69, 9.17) is 18.9 Å². The largest absolute Gasteiger partial charge is 0.480 e. The van der Waals surface area contributed by atoms with Gasteiger partial charge in [0.15, 0.2) is 0 Å². The minimum Gasteiger partial charge on any atom is -0.480 e. The van der Waals surface area contributed by atoms with Crippen molar-refractivity contribution in [2.24, 2.45) is 0 Å². The van der Waals surface area contributed by atoms with Crippen LogP contribution in [0.2, 0.25) is 0 Å². The van der Waals surface area contributed by atoms with Crippen LogP contribution < -0.4 is 14.8 Å². The molecule has 3 rings (SSSR count). The smallest absolute Gasteiger partial charge is 0.407 e. The molecule has 8 heteroatoms. The maximum atomic E-state index is 12.0. The average Bonchev–Trinajstić information content (AvgIpc) is 2.64. The lowest BCUT2D eigenvalue weighted by molar-refractivity contribution is -0.0000398. The van der Waals surface area contributed by atoms with Crippen LogP contribution in [0.3, 0.4) is 0 Å². The summed E-state index contributed by atoms with van der Waals surface area (Å²) >= 11 is 0. The number of hydrogen-bond donors (Lipinski definition) is 1. The molecule has 8 nitrogen and oxygen atoms in total. The van der Waals surface area contributed by atoms with E-state index in [1.165, 1.54) is 6.20 Å². The maximum absolute atomic E-state index is 12.0. The molecule has 0 bridgehead atoms. The molecule has 1 aromatic heterocycles. The standard InChI is InChI=1S/C17H25N3O5/c1-22-15-10-18-11-16(20-15)24-13-4-2-12(3-5-13)19-17(21)25-14-6-8-23-9-7-14/h10-14H,2-9H2,1H3,(H,19,21). The van der Waals surface area contributed by atoms with Gasteiger partial charge in [0.2, 0.25) is 11.8 Å². The van der Waals surface area contributed by atoms with Gasteiger partial charge in [0.05, 0.1) is 32.7 Å². The van der Waals surface area contributed by atoms with Crippen molar-refractivity contribution in [2.45, 2.75) is 56.8 Å². The molecule has 1 aliphatic carbocycles. The Morgan fingerprint density at radius 3 is 2.52 bits per heavy atom. The summed E-state index contributed by atoms with van der Waals surface area (Å²) < 4.78 is 21.6. The zero-order valence-corrected chi connectivity index (χ0v) is 14.5. The van der Waals surface area contributed by atoms with Crippen LogP contribution >= 0.6 is 0 Å². The van der Waals surface area contributed by atoms with E-state index in [2.05, 4.69) is 15.3 Å². The molecule has 2 fully saturated rings. The Hall–Kier alpha value is -2.09. The van der Waals surface area contributed by atoms with E-state index in [9.17, 15) is 4.79 Å². The average molecular weight is 351 g/mol. The van der Waals surface area contributed by atoms with E-state index < -0.39 is 0 Å². The van der Waals surface area contributed by atoms with Crippen molar-refractivity contribution in [1.29, 1.82) is 0 Å². The summed E-state index contributed by atoms with van der Waals surface area (Å²) in [4.78, 5) is 20.2.